The Morgan fingerprint density at radius 3 is 2.57 bits per heavy atom. The van der Waals surface area contributed by atoms with Gasteiger partial charge in [-0.05, 0) is 56.5 Å². The Labute approximate surface area is 126 Å². The lowest BCUT2D eigenvalue weighted by Crippen LogP contribution is -2.14. The lowest BCUT2D eigenvalue weighted by atomic mass is 10.1. The van der Waals surface area contributed by atoms with Crippen LogP contribution in [0.3, 0.4) is 0 Å². The van der Waals surface area contributed by atoms with Gasteiger partial charge < -0.3 is 5.32 Å². The van der Waals surface area contributed by atoms with Crippen molar-refractivity contribution in [1.29, 1.82) is 0 Å². The van der Waals surface area contributed by atoms with Crippen molar-refractivity contribution in [2.75, 3.05) is 6.54 Å². The predicted octanol–water partition coefficient (Wildman–Crippen LogP) is 3.69. The number of aryl methyl sites for hydroxylation is 1. The van der Waals surface area contributed by atoms with Gasteiger partial charge in [0.15, 0.2) is 0 Å². The van der Waals surface area contributed by atoms with E-state index < -0.39 is 0 Å². The summed E-state index contributed by atoms with van der Waals surface area (Å²) in [7, 11) is 0. The Hall–Kier alpha value is -1.68. The minimum absolute atomic E-state index is 0.223. The standard InChI is InChI=1S/C17H24FN3/c1-5-9-19-11-14-7-8-17(16(18)10-14)21-13(4)15(6-2)12(3)20-21/h7-8,10,19H,5-6,9,11H2,1-4H3. The van der Waals surface area contributed by atoms with E-state index in [4.69, 9.17) is 0 Å². The van der Waals surface area contributed by atoms with Gasteiger partial charge >= 0.3 is 0 Å². The summed E-state index contributed by atoms with van der Waals surface area (Å²) < 4.78 is 16.1. The zero-order chi connectivity index (χ0) is 15.4. The van der Waals surface area contributed by atoms with E-state index in [0.29, 0.717) is 12.2 Å². The van der Waals surface area contributed by atoms with Crippen LogP contribution in [0.1, 0.15) is 42.8 Å². The molecule has 1 N–H and O–H groups in total. The molecular weight excluding hydrogens is 265 g/mol. The minimum atomic E-state index is -0.223. The van der Waals surface area contributed by atoms with Crippen molar-refractivity contribution >= 4 is 0 Å². The second-order valence-electron chi connectivity index (χ2n) is 5.38. The molecule has 0 aliphatic heterocycles. The molecule has 0 saturated heterocycles. The summed E-state index contributed by atoms with van der Waals surface area (Å²) in [6.07, 6.45) is 1.99. The molecule has 2 rings (SSSR count). The van der Waals surface area contributed by atoms with Gasteiger partial charge in [0.05, 0.1) is 5.69 Å². The number of nitrogens with one attached hydrogen (secondary N) is 1. The molecule has 0 aliphatic rings. The highest BCUT2D eigenvalue weighted by Crippen LogP contribution is 2.21. The maximum absolute atomic E-state index is 14.4. The second-order valence-corrected chi connectivity index (χ2v) is 5.38. The molecule has 3 nitrogen and oxygen atoms in total. The number of aromatic nitrogens is 2. The number of hydrogen-bond acceptors (Lipinski definition) is 2. The van der Waals surface area contributed by atoms with Gasteiger partial charge in [-0.25, -0.2) is 9.07 Å². The van der Waals surface area contributed by atoms with E-state index in [1.54, 1.807) is 10.7 Å². The highest BCUT2D eigenvalue weighted by atomic mass is 19.1. The molecule has 0 aliphatic carbocycles. The SMILES string of the molecule is CCCNCc1ccc(-n2nc(C)c(CC)c2C)c(F)c1. The third kappa shape index (κ3) is 3.32. The van der Waals surface area contributed by atoms with Gasteiger partial charge in [-0.3, -0.25) is 0 Å². The van der Waals surface area contributed by atoms with Crippen LogP contribution in [0.2, 0.25) is 0 Å². The molecule has 2 aromatic rings. The Morgan fingerprint density at radius 1 is 1.24 bits per heavy atom. The van der Waals surface area contributed by atoms with Crippen molar-refractivity contribution in [2.24, 2.45) is 0 Å². The number of nitrogens with zero attached hydrogens (tertiary/aromatic N) is 2. The van der Waals surface area contributed by atoms with Crippen LogP contribution in [0.5, 0.6) is 0 Å². The van der Waals surface area contributed by atoms with Gasteiger partial charge in [-0.1, -0.05) is 19.9 Å². The highest BCUT2D eigenvalue weighted by molar-refractivity contribution is 5.40. The third-order valence-corrected chi connectivity index (χ3v) is 3.79. The van der Waals surface area contributed by atoms with Crippen molar-refractivity contribution in [1.82, 2.24) is 15.1 Å². The van der Waals surface area contributed by atoms with Gasteiger partial charge in [-0.15, -0.1) is 0 Å². The fourth-order valence-corrected chi connectivity index (χ4v) is 2.66. The lowest BCUT2D eigenvalue weighted by Gasteiger charge is -2.09. The summed E-state index contributed by atoms with van der Waals surface area (Å²) >= 11 is 0. The van der Waals surface area contributed by atoms with Crippen molar-refractivity contribution < 1.29 is 4.39 Å². The van der Waals surface area contributed by atoms with Crippen LogP contribution < -0.4 is 5.32 Å². The van der Waals surface area contributed by atoms with Crippen molar-refractivity contribution in [2.45, 2.75) is 47.1 Å². The van der Waals surface area contributed by atoms with E-state index in [9.17, 15) is 4.39 Å². The van der Waals surface area contributed by atoms with Crippen LogP contribution in [0.4, 0.5) is 4.39 Å². The molecule has 0 amide bonds. The van der Waals surface area contributed by atoms with Crippen LogP contribution in [0, 0.1) is 19.7 Å². The molecule has 0 saturated carbocycles. The Bertz CT molecular complexity index is 617. The Kier molecular flexibility index (Phi) is 5.12. The first-order valence-electron chi connectivity index (χ1n) is 7.63. The minimum Gasteiger partial charge on any atom is -0.313 e. The average Bonchev–Trinajstić information content (AvgIpc) is 2.74. The third-order valence-electron chi connectivity index (χ3n) is 3.79. The van der Waals surface area contributed by atoms with Crippen molar-refractivity contribution in [3.05, 3.63) is 46.5 Å². The molecule has 4 heteroatoms. The molecule has 0 unspecified atom stereocenters. The molecule has 1 aromatic carbocycles. The fraction of sp³-hybridized carbons (Fsp3) is 0.471. The van der Waals surface area contributed by atoms with Gasteiger partial charge in [0, 0.05) is 12.2 Å². The van der Waals surface area contributed by atoms with E-state index >= 15 is 0 Å². The summed E-state index contributed by atoms with van der Waals surface area (Å²) in [5.74, 6) is -0.223. The maximum Gasteiger partial charge on any atom is 0.149 e. The molecule has 1 heterocycles. The number of halogens is 1. The summed E-state index contributed by atoms with van der Waals surface area (Å²) in [6.45, 7) is 9.83. The zero-order valence-electron chi connectivity index (χ0n) is 13.3. The molecule has 0 spiro atoms. The fourth-order valence-electron chi connectivity index (χ4n) is 2.66. The van der Waals surface area contributed by atoms with Crippen LogP contribution in [-0.2, 0) is 13.0 Å². The second kappa shape index (κ2) is 6.85. The molecule has 0 atom stereocenters. The van der Waals surface area contributed by atoms with E-state index in [-0.39, 0.29) is 5.82 Å². The quantitative estimate of drug-likeness (QED) is 0.822. The maximum atomic E-state index is 14.4. The molecule has 1 aromatic heterocycles. The van der Waals surface area contributed by atoms with Crippen LogP contribution >= 0.6 is 0 Å². The van der Waals surface area contributed by atoms with Crippen LogP contribution in [0.25, 0.3) is 5.69 Å². The van der Waals surface area contributed by atoms with Crippen molar-refractivity contribution in [3.8, 4) is 5.69 Å². The molecule has 114 valence electrons. The summed E-state index contributed by atoms with van der Waals surface area (Å²) in [4.78, 5) is 0. The smallest absolute Gasteiger partial charge is 0.149 e. The van der Waals surface area contributed by atoms with Gasteiger partial charge in [0.2, 0.25) is 0 Å². The summed E-state index contributed by atoms with van der Waals surface area (Å²) in [6, 6.07) is 5.38. The molecule has 21 heavy (non-hydrogen) atoms. The van der Waals surface area contributed by atoms with E-state index in [0.717, 1.165) is 36.3 Å². The average molecular weight is 289 g/mol. The molecule has 0 radical (unpaired) electrons. The predicted molar refractivity (Wildman–Crippen MR) is 84.4 cm³/mol. The zero-order valence-corrected chi connectivity index (χ0v) is 13.3. The molecular formula is C17H24FN3. The lowest BCUT2D eigenvalue weighted by molar-refractivity contribution is 0.601. The number of rotatable bonds is 6. The van der Waals surface area contributed by atoms with Gasteiger partial charge in [-0.2, -0.15) is 5.10 Å². The highest BCUT2D eigenvalue weighted by Gasteiger charge is 2.14. The molecule has 0 bridgehead atoms. The van der Waals surface area contributed by atoms with Crippen LogP contribution in [0.15, 0.2) is 18.2 Å². The first-order chi connectivity index (χ1) is 10.1. The topological polar surface area (TPSA) is 29.9 Å². The first kappa shape index (κ1) is 15.7. The van der Waals surface area contributed by atoms with E-state index in [1.165, 1.54) is 5.56 Å². The van der Waals surface area contributed by atoms with Gasteiger partial charge in [0.25, 0.3) is 0 Å². The van der Waals surface area contributed by atoms with Crippen LogP contribution in [-0.4, -0.2) is 16.3 Å². The number of benzene rings is 1. The monoisotopic (exact) mass is 289 g/mol. The normalized spacial score (nSPS) is 11.1. The Balaban J connectivity index is 2.29. The Morgan fingerprint density at radius 2 is 2.00 bits per heavy atom. The first-order valence-corrected chi connectivity index (χ1v) is 7.63. The van der Waals surface area contributed by atoms with E-state index in [2.05, 4.69) is 24.3 Å². The summed E-state index contributed by atoms with van der Waals surface area (Å²) in [5, 5.41) is 7.76. The molecule has 0 fully saturated rings. The number of hydrogen-bond donors (Lipinski definition) is 1. The summed E-state index contributed by atoms with van der Waals surface area (Å²) in [5.41, 5.74) is 4.67. The van der Waals surface area contributed by atoms with Crippen molar-refractivity contribution in [3.63, 3.8) is 0 Å². The van der Waals surface area contributed by atoms with Gasteiger partial charge in [0.1, 0.15) is 11.5 Å². The largest absolute Gasteiger partial charge is 0.313 e. The van der Waals surface area contributed by atoms with E-state index in [1.807, 2.05) is 26.0 Å².